The first kappa shape index (κ1) is 16.7. The van der Waals surface area contributed by atoms with Crippen molar-refractivity contribution in [1.82, 2.24) is 9.97 Å². The Balaban J connectivity index is 1.74. The van der Waals surface area contributed by atoms with Gasteiger partial charge in [-0.05, 0) is 43.7 Å². The van der Waals surface area contributed by atoms with Gasteiger partial charge in [0, 0.05) is 17.2 Å². The molecule has 2 heterocycles. The molecule has 2 aromatic heterocycles. The molecule has 1 atom stereocenters. The van der Waals surface area contributed by atoms with Crippen LogP contribution in [0.1, 0.15) is 20.3 Å². The SMILES string of the molecule is CC[C@H](C)Nc1nc2ccc(-c3ocnc3-c3ccccc3F)cc2s1. The van der Waals surface area contributed by atoms with Crippen LogP contribution in [0.3, 0.4) is 0 Å². The molecule has 0 spiro atoms. The smallest absolute Gasteiger partial charge is 0.183 e. The summed E-state index contributed by atoms with van der Waals surface area (Å²) in [6, 6.07) is 12.8. The number of hydrogen-bond acceptors (Lipinski definition) is 5. The summed E-state index contributed by atoms with van der Waals surface area (Å²) in [4.78, 5) is 8.85. The van der Waals surface area contributed by atoms with E-state index in [0.29, 0.717) is 23.1 Å². The third kappa shape index (κ3) is 3.08. The predicted octanol–water partition coefficient (Wildman–Crippen LogP) is 5.97. The van der Waals surface area contributed by atoms with Gasteiger partial charge in [0.15, 0.2) is 17.3 Å². The average molecular weight is 367 g/mol. The number of rotatable bonds is 5. The zero-order valence-electron chi connectivity index (χ0n) is 14.5. The van der Waals surface area contributed by atoms with Gasteiger partial charge in [-0.25, -0.2) is 14.4 Å². The van der Waals surface area contributed by atoms with Crippen molar-refractivity contribution in [3.8, 4) is 22.6 Å². The molecule has 0 aliphatic rings. The van der Waals surface area contributed by atoms with Crippen molar-refractivity contribution in [3.63, 3.8) is 0 Å². The van der Waals surface area contributed by atoms with Gasteiger partial charge in [0.1, 0.15) is 11.5 Å². The lowest BCUT2D eigenvalue weighted by Crippen LogP contribution is -2.12. The number of halogens is 1. The molecule has 6 heteroatoms. The lowest BCUT2D eigenvalue weighted by Gasteiger charge is -2.08. The summed E-state index contributed by atoms with van der Waals surface area (Å²) >= 11 is 1.60. The van der Waals surface area contributed by atoms with Crippen LogP contribution in [0, 0.1) is 5.82 Å². The number of fused-ring (bicyclic) bond motifs is 1. The third-order valence-corrected chi connectivity index (χ3v) is 5.28. The minimum absolute atomic E-state index is 0.318. The Kier molecular flexibility index (Phi) is 4.42. The summed E-state index contributed by atoms with van der Waals surface area (Å²) in [5.41, 5.74) is 2.72. The lowest BCUT2D eigenvalue weighted by atomic mass is 10.1. The maximum absolute atomic E-state index is 14.2. The topological polar surface area (TPSA) is 51.0 Å². The van der Waals surface area contributed by atoms with E-state index in [4.69, 9.17) is 4.42 Å². The number of hydrogen-bond donors (Lipinski definition) is 1. The van der Waals surface area contributed by atoms with E-state index in [1.807, 2.05) is 18.2 Å². The van der Waals surface area contributed by atoms with Crippen molar-refractivity contribution in [2.75, 3.05) is 5.32 Å². The van der Waals surface area contributed by atoms with Gasteiger partial charge in [-0.15, -0.1) is 0 Å². The second-order valence-electron chi connectivity index (χ2n) is 6.17. The molecule has 0 saturated carbocycles. The summed E-state index contributed by atoms with van der Waals surface area (Å²) in [6.07, 6.45) is 2.38. The minimum atomic E-state index is -0.318. The van der Waals surface area contributed by atoms with Crippen LogP contribution in [-0.4, -0.2) is 16.0 Å². The van der Waals surface area contributed by atoms with Crippen LogP contribution in [0.4, 0.5) is 9.52 Å². The highest BCUT2D eigenvalue weighted by Gasteiger charge is 2.17. The van der Waals surface area contributed by atoms with Crippen LogP contribution in [0.2, 0.25) is 0 Å². The molecule has 4 rings (SSSR count). The maximum Gasteiger partial charge on any atom is 0.183 e. The van der Waals surface area contributed by atoms with Crippen molar-refractivity contribution in [3.05, 3.63) is 54.7 Å². The summed E-state index contributed by atoms with van der Waals surface area (Å²) in [6.45, 7) is 4.27. The Bertz CT molecular complexity index is 1060. The van der Waals surface area contributed by atoms with E-state index in [-0.39, 0.29) is 5.82 Å². The molecule has 0 saturated heterocycles. The predicted molar refractivity (Wildman–Crippen MR) is 104 cm³/mol. The highest BCUT2D eigenvalue weighted by molar-refractivity contribution is 7.22. The van der Waals surface area contributed by atoms with Gasteiger partial charge in [0.25, 0.3) is 0 Å². The van der Waals surface area contributed by atoms with Gasteiger partial charge >= 0.3 is 0 Å². The monoisotopic (exact) mass is 367 g/mol. The Labute approximate surface area is 154 Å². The van der Waals surface area contributed by atoms with Crippen LogP contribution in [0.15, 0.2) is 53.3 Å². The Morgan fingerprint density at radius 1 is 1.23 bits per heavy atom. The zero-order valence-corrected chi connectivity index (χ0v) is 15.3. The van der Waals surface area contributed by atoms with Gasteiger partial charge < -0.3 is 9.73 Å². The fourth-order valence-corrected chi connectivity index (χ4v) is 3.75. The van der Waals surface area contributed by atoms with Gasteiger partial charge in [0.05, 0.1) is 10.2 Å². The van der Waals surface area contributed by atoms with E-state index in [0.717, 1.165) is 27.3 Å². The van der Waals surface area contributed by atoms with Gasteiger partial charge in [-0.2, -0.15) is 0 Å². The standard InChI is InChI=1S/C20H18FN3OS/c1-3-12(2)23-20-24-16-9-8-13(10-17(16)26-20)19-18(22-11-25-19)14-6-4-5-7-15(14)21/h4-12H,3H2,1-2H3,(H,23,24)/t12-/m0/s1. The van der Waals surface area contributed by atoms with Crippen molar-refractivity contribution in [1.29, 1.82) is 0 Å². The van der Waals surface area contributed by atoms with E-state index in [2.05, 4.69) is 29.1 Å². The van der Waals surface area contributed by atoms with E-state index < -0.39 is 0 Å². The van der Waals surface area contributed by atoms with Crippen molar-refractivity contribution >= 4 is 26.7 Å². The number of nitrogens with one attached hydrogen (secondary N) is 1. The molecule has 1 N–H and O–H groups in total. The zero-order chi connectivity index (χ0) is 18.1. The molecule has 4 aromatic rings. The van der Waals surface area contributed by atoms with Gasteiger partial charge in [-0.1, -0.05) is 30.4 Å². The van der Waals surface area contributed by atoms with Crippen LogP contribution in [0.5, 0.6) is 0 Å². The molecule has 0 fully saturated rings. The summed E-state index contributed by atoms with van der Waals surface area (Å²) in [5.74, 6) is 0.239. The summed E-state index contributed by atoms with van der Waals surface area (Å²) in [5, 5.41) is 4.30. The second kappa shape index (κ2) is 6.88. The van der Waals surface area contributed by atoms with Crippen LogP contribution in [-0.2, 0) is 0 Å². The average Bonchev–Trinajstić information content (AvgIpc) is 3.27. The molecule has 4 nitrogen and oxygen atoms in total. The first-order valence-electron chi connectivity index (χ1n) is 8.51. The molecule has 0 aliphatic carbocycles. The molecule has 2 aromatic carbocycles. The first-order chi connectivity index (χ1) is 12.7. The Morgan fingerprint density at radius 3 is 2.88 bits per heavy atom. The lowest BCUT2D eigenvalue weighted by molar-refractivity contribution is 0.572. The molecule has 26 heavy (non-hydrogen) atoms. The maximum atomic E-state index is 14.2. The van der Waals surface area contributed by atoms with E-state index in [9.17, 15) is 4.39 Å². The Hall–Kier alpha value is -2.73. The Morgan fingerprint density at radius 2 is 2.08 bits per heavy atom. The molecular weight excluding hydrogens is 349 g/mol. The summed E-state index contributed by atoms with van der Waals surface area (Å²) in [7, 11) is 0. The fraction of sp³-hybridized carbons (Fsp3) is 0.200. The highest BCUT2D eigenvalue weighted by atomic mass is 32.1. The quantitative estimate of drug-likeness (QED) is 0.472. The van der Waals surface area contributed by atoms with Crippen molar-refractivity contribution in [2.24, 2.45) is 0 Å². The van der Waals surface area contributed by atoms with Crippen LogP contribution < -0.4 is 5.32 Å². The molecule has 0 amide bonds. The van der Waals surface area contributed by atoms with Gasteiger partial charge in [0.2, 0.25) is 0 Å². The highest BCUT2D eigenvalue weighted by Crippen LogP contribution is 2.36. The van der Waals surface area contributed by atoms with E-state index >= 15 is 0 Å². The van der Waals surface area contributed by atoms with Crippen LogP contribution in [0.25, 0.3) is 32.8 Å². The minimum Gasteiger partial charge on any atom is -0.443 e. The van der Waals surface area contributed by atoms with Crippen molar-refractivity contribution in [2.45, 2.75) is 26.3 Å². The number of anilines is 1. The largest absolute Gasteiger partial charge is 0.443 e. The number of nitrogens with zero attached hydrogens (tertiary/aromatic N) is 2. The number of aromatic nitrogens is 2. The number of oxazole rings is 1. The van der Waals surface area contributed by atoms with Gasteiger partial charge in [-0.3, -0.25) is 0 Å². The summed E-state index contributed by atoms with van der Waals surface area (Å²) < 4.78 is 20.8. The molecule has 0 aliphatic heterocycles. The number of benzene rings is 2. The van der Waals surface area contributed by atoms with E-state index in [1.54, 1.807) is 29.5 Å². The number of thiazole rings is 1. The first-order valence-corrected chi connectivity index (χ1v) is 9.33. The molecule has 132 valence electrons. The normalized spacial score (nSPS) is 12.4. The van der Waals surface area contributed by atoms with Crippen molar-refractivity contribution < 1.29 is 8.81 Å². The van der Waals surface area contributed by atoms with Crippen LogP contribution >= 0.6 is 11.3 Å². The molecule has 0 unspecified atom stereocenters. The van der Waals surface area contributed by atoms with E-state index in [1.165, 1.54) is 12.5 Å². The molecule has 0 radical (unpaired) electrons. The fourth-order valence-electron chi connectivity index (χ4n) is 2.74. The third-order valence-electron chi connectivity index (χ3n) is 4.33. The molecule has 0 bridgehead atoms. The molecular formula is C20H18FN3OS. The second-order valence-corrected chi connectivity index (χ2v) is 7.20.